The van der Waals surface area contributed by atoms with Crippen molar-refractivity contribution in [3.63, 3.8) is 0 Å². The Kier molecular flexibility index (Phi) is 4.44. The molecule has 1 aromatic rings. The molecule has 1 aromatic carbocycles. The molecule has 1 atom stereocenters. The number of carbonyl (C=O) groups excluding carboxylic acids is 1. The van der Waals surface area contributed by atoms with Crippen LogP contribution in [0.1, 0.15) is 12.8 Å². The molecule has 0 unspecified atom stereocenters. The van der Waals surface area contributed by atoms with Crippen molar-refractivity contribution in [2.75, 3.05) is 18.4 Å². The van der Waals surface area contributed by atoms with Crippen LogP contribution in [0.15, 0.2) is 18.2 Å². The fourth-order valence-corrected chi connectivity index (χ4v) is 2.32. The maximum Gasteiger partial charge on any atom is 0.321 e. The minimum Gasteiger partial charge on any atom is -0.481 e. The quantitative estimate of drug-likeness (QED) is 0.882. The molecule has 1 heterocycles. The molecule has 0 radical (unpaired) electrons. The zero-order valence-electron chi connectivity index (χ0n) is 10.6. The molecule has 1 saturated heterocycles. The minimum atomic E-state index is -0.911. The van der Waals surface area contributed by atoms with Crippen molar-refractivity contribution >= 4 is 29.3 Å². The van der Waals surface area contributed by atoms with Gasteiger partial charge in [0.2, 0.25) is 0 Å². The number of rotatable bonds is 2. The third-order valence-electron chi connectivity index (χ3n) is 3.23. The fourth-order valence-electron chi connectivity index (χ4n) is 2.15. The summed E-state index contributed by atoms with van der Waals surface area (Å²) in [6, 6.07) is 3.20. The average molecular weight is 301 g/mol. The van der Waals surface area contributed by atoms with Gasteiger partial charge in [0.05, 0.1) is 16.6 Å². The number of likely N-dealkylation sites (tertiary alicyclic amines) is 1. The molecule has 0 bridgehead atoms. The van der Waals surface area contributed by atoms with E-state index in [9.17, 15) is 14.0 Å². The van der Waals surface area contributed by atoms with E-state index in [1.807, 2.05) is 0 Å². The van der Waals surface area contributed by atoms with E-state index in [2.05, 4.69) is 5.32 Å². The first-order valence-electron chi connectivity index (χ1n) is 6.21. The standard InChI is InChI=1S/C13H14ClFN2O3/c14-10-4-3-9(15)6-11(10)16-13(20)17-5-1-2-8(7-17)12(18)19/h3-4,6,8H,1-2,5,7H2,(H,16,20)(H,18,19)/t8-/m1/s1. The summed E-state index contributed by atoms with van der Waals surface area (Å²) in [5.74, 6) is -1.98. The third-order valence-corrected chi connectivity index (χ3v) is 3.56. The number of benzene rings is 1. The van der Waals surface area contributed by atoms with Crippen molar-refractivity contribution in [1.82, 2.24) is 4.90 Å². The number of nitrogens with zero attached hydrogens (tertiary/aromatic N) is 1. The number of hydrogen-bond donors (Lipinski definition) is 2. The lowest BCUT2D eigenvalue weighted by atomic mass is 9.99. The van der Waals surface area contributed by atoms with Gasteiger partial charge in [-0.2, -0.15) is 0 Å². The first-order valence-corrected chi connectivity index (χ1v) is 6.59. The molecule has 20 heavy (non-hydrogen) atoms. The number of nitrogens with one attached hydrogen (secondary N) is 1. The largest absolute Gasteiger partial charge is 0.481 e. The normalized spacial score (nSPS) is 18.7. The molecule has 0 aliphatic carbocycles. The Hall–Kier alpha value is -1.82. The number of urea groups is 1. The number of hydrogen-bond acceptors (Lipinski definition) is 2. The van der Waals surface area contributed by atoms with Crippen LogP contribution in [0.3, 0.4) is 0 Å². The summed E-state index contributed by atoms with van der Waals surface area (Å²) in [6.45, 7) is 0.622. The van der Waals surface area contributed by atoms with Gasteiger partial charge in [-0.3, -0.25) is 4.79 Å². The van der Waals surface area contributed by atoms with Gasteiger partial charge in [-0.25, -0.2) is 9.18 Å². The van der Waals surface area contributed by atoms with Crippen LogP contribution in [0.2, 0.25) is 5.02 Å². The van der Waals surface area contributed by atoms with Gasteiger partial charge in [0.15, 0.2) is 0 Å². The van der Waals surface area contributed by atoms with Gasteiger partial charge < -0.3 is 15.3 Å². The van der Waals surface area contributed by atoms with Crippen LogP contribution in [0.4, 0.5) is 14.9 Å². The molecule has 1 fully saturated rings. The SMILES string of the molecule is O=C(O)[C@@H]1CCCN(C(=O)Nc2cc(F)ccc2Cl)C1. The van der Waals surface area contributed by atoms with Gasteiger partial charge in [0.25, 0.3) is 0 Å². The highest BCUT2D eigenvalue weighted by atomic mass is 35.5. The lowest BCUT2D eigenvalue weighted by Gasteiger charge is -2.30. The third kappa shape index (κ3) is 3.39. The zero-order valence-corrected chi connectivity index (χ0v) is 11.4. The van der Waals surface area contributed by atoms with Crippen LogP contribution < -0.4 is 5.32 Å². The van der Waals surface area contributed by atoms with Crippen molar-refractivity contribution in [2.24, 2.45) is 5.92 Å². The molecule has 1 aliphatic rings. The van der Waals surface area contributed by atoms with E-state index < -0.39 is 23.7 Å². The average Bonchev–Trinajstić information content (AvgIpc) is 2.43. The maximum atomic E-state index is 13.1. The van der Waals surface area contributed by atoms with E-state index >= 15 is 0 Å². The minimum absolute atomic E-state index is 0.147. The predicted molar refractivity (Wildman–Crippen MR) is 72.4 cm³/mol. The van der Waals surface area contributed by atoms with E-state index in [-0.39, 0.29) is 17.3 Å². The van der Waals surface area contributed by atoms with Gasteiger partial charge in [-0.1, -0.05) is 11.6 Å². The second-order valence-electron chi connectivity index (χ2n) is 4.68. The molecule has 0 saturated carbocycles. The second-order valence-corrected chi connectivity index (χ2v) is 5.08. The monoisotopic (exact) mass is 300 g/mol. The summed E-state index contributed by atoms with van der Waals surface area (Å²) >= 11 is 5.86. The van der Waals surface area contributed by atoms with Crippen LogP contribution in [0, 0.1) is 11.7 Å². The molecule has 2 rings (SSSR count). The molecule has 0 aromatic heterocycles. The number of carboxylic acid groups (broad SMARTS) is 1. The highest BCUT2D eigenvalue weighted by Crippen LogP contribution is 2.24. The Morgan fingerprint density at radius 1 is 1.45 bits per heavy atom. The molecule has 5 nitrogen and oxygen atoms in total. The summed E-state index contributed by atoms with van der Waals surface area (Å²) in [4.78, 5) is 24.4. The molecule has 108 valence electrons. The highest BCUT2D eigenvalue weighted by molar-refractivity contribution is 6.33. The lowest BCUT2D eigenvalue weighted by Crippen LogP contribution is -2.44. The van der Waals surface area contributed by atoms with Crippen molar-refractivity contribution in [3.05, 3.63) is 29.0 Å². The summed E-state index contributed by atoms with van der Waals surface area (Å²) in [5, 5.41) is 11.7. The highest BCUT2D eigenvalue weighted by Gasteiger charge is 2.28. The van der Waals surface area contributed by atoms with Gasteiger partial charge in [-0.15, -0.1) is 0 Å². The van der Waals surface area contributed by atoms with E-state index in [0.717, 1.165) is 6.07 Å². The fraction of sp³-hybridized carbons (Fsp3) is 0.385. The summed E-state index contributed by atoms with van der Waals surface area (Å²) in [7, 11) is 0. The first kappa shape index (κ1) is 14.6. The number of aliphatic carboxylic acids is 1. The number of piperidine rings is 1. The Morgan fingerprint density at radius 3 is 2.90 bits per heavy atom. The Morgan fingerprint density at radius 2 is 2.20 bits per heavy atom. The van der Waals surface area contributed by atoms with Crippen LogP contribution in [0.25, 0.3) is 0 Å². The van der Waals surface area contributed by atoms with Crippen molar-refractivity contribution in [2.45, 2.75) is 12.8 Å². The number of carbonyl (C=O) groups is 2. The van der Waals surface area contributed by atoms with Crippen LogP contribution in [-0.4, -0.2) is 35.1 Å². The zero-order chi connectivity index (χ0) is 14.7. The summed E-state index contributed by atoms with van der Waals surface area (Å²) in [6.07, 6.45) is 1.18. The summed E-state index contributed by atoms with van der Waals surface area (Å²) in [5.41, 5.74) is 0.175. The van der Waals surface area contributed by atoms with Gasteiger partial charge >= 0.3 is 12.0 Å². The van der Waals surface area contributed by atoms with Crippen molar-refractivity contribution in [1.29, 1.82) is 0 Å². The van der Waals surface area contributed by atoms with Gasteiger partial charge in [-0.05, 0) is 31.0 Å². The van der Waals surface area contributed by atoms with Crippen LogP contribution in [-0.2, 0) is 4.79 Å². The van der Waals surface area contributed by atoms with Crippen LogP contribution in [0.5, 0.6) is 0 Å². The Balaban J connectivity index is 2.04. The molecule has 2 amide bonds. The van der Waals surface area contributed by atoms with Gasteiger partial charge in [0.1, 0.15) is 5.82 Å². The predicted octanol–water partition coefficient (Wildman–Crippen LogP) is 2.81. The van der Waals surface area contributed by atoms with Crippen molar-refractivity contribution in [3.8, 4) is 0 Å². The lowest BCUT2D eigenvalue weighted by molar-refractivity contribution is -0.143. The molecule has 0 spiro atoms. The van der Waals surface area contributed by atoms with E-state index in [0.29, 0.717) is 19.4 Å². The molecule has 7 heteroatoms. The molecular weight excluding hydrogens is 287 g/mol. The Bertz CT molecular complexity index is 538. The Labute approximate surface area is 120 Å². The molecular formula is C13H14ClFN2O3. The number of halogens is 2. The number of carboxylic acids is 1. The summed E-state index contributed by atoms with van der Waals surface area (Å²) < 4.78 is 13.1. The number of anilines is 1. The van der Waals surface area contributed by atoms with E-state index in [1.54, 1.807) is 0 Å². The van der Waals surface area contributed by atoms with Crippen molar-refractivity contribution < 1.29 is 19.1 Å². The molecule has 2 N–H and O–H groups in total. The maximum absolute atomic E-state index is 13.1. The smallest absolute Gasteiger partial charge is 0.321 e. The van der Waals surface area contributed by atoms with Gasteiger partial charge in [0, 0.05) is 13.1 Å². The second kappa shape index (κ2) is 6.09. The van der Waals surface area contributed by atoms with Crippen LogP contribution >= 0.6 is 11.6 Å². The molecule has 1 aliphatic heterocycles. The van der Waals surface area contributed by atoms with E-state index in [4.69, 9.17) is 16.7 Å². The van der Waals surface area contributed by atoms with E-state index in [1.165, 1.54) is 17.0 Å². The first-order chi connectivity index (χ1) is 9.47. The topological polar surface area (TPSA) is 69.6 Å². The number of amides is 2.